The number of benzene rings is 2. The number of para-hydroxylation sites is 2. The number of carbonyl (C=O) groups is 1. The van der Waals surface area contributed by atoms with E-state index in [4.69, 9.17) is 14.2 Å². The third-order valence-corrected chi connectivity index (χ3v) is 4.96. The van der Waals surface area contributed by atoms with Crippen molar-refractivity contribution in [2.24, 2.45) is 7.05 Å². The van der Waals surface area contributed by atoms with Crippen LogP contribution < -0.4 is 20.5 Å². The third kappa shape index (κ3) is 4.49. The lowest BCUT2D eigenvalue weighted by Gasteiger charge is -2.17. The average Bonchev–Trinajstić information content (AvgIpc) is 2.99. The Labute approximate surface area is 175 Å². The molecule has 0 bridgehead atoms. The summed E-state index contributed by atoms with van der Waals surface area (Å²) < 4.78 is 19.1. The Morgan fingerprint density at radius 2 is 1.80 bits per heavy atom. The van der Waals surface area contributed by atoms with Crippen molar-refractivity contribution in [2.45, 2.75) is 19.5 Å². The standard InChI is InChI=1S/C22H27N3O5/c1-15(16-9-10-19(20(13-16)29-4)30-12-11-28-3)23-21(26)14-25-18-8-6-5-7-17(18)24(2)22(25)27/h5-10,13,15H,11-12,14H2,1-4H3,(H,23,26). The fraction of sp³-hybridized carbons (Fsp3) is 0.364. The lowest BCUT2D eigenvalue weighted by molar-refractivity contribution is -0.122. The van der Waals surface area contributed by atoms with Gasteiger partial charge in [0.1, 0.15) is 13.2 Å². The topological polar surface area (TPSA) is 83.7 Å². The fourth-order valence-corrected chi connectivity index (χ4v) is 3.34. The number of ether oxygens (including phenoxy) is 3. The van der Waals surface area contributed by atoms with Crippen molar-refractivity contribution in [3.05, 3.63) is 58.5 Å². The van der Waals surface area contributed by atoms with E-state index in [0.29, 0.717) is 24.7 Å². The van der Waals surface area contributed by atoms with Gasteiger partial charge < -0.3 is 19.5 Å². The van der Waals surface area contributed by atoms with Crippen molar-refractivity contribution in [3.8, 4) is 11.5 Å². The maximum absolute atomic E-state index is 12.6. The Morgan fingerprint density at radius 1 is 1.07 bits per heavy atom. The first kappa shape index (κ1) is 21.4. The zero-order chi connectivity index (χ0) is 21.7. The molecule has 160 valence electrons. The number of carbonyl (C=O) groups excluding carboxylic acids is 1. The van der Waals surface area contributed by atoms with Crippen LogP contribution in [0.4, 0.5) is 0 Å². The van der Waals surface area contributed by atoms with E-state index >= 15 is 0 Å². The number of rotatable bonds is 9. The molecule has 3 aromatic rings. The molecule has 1 heterocycles. The summed E-state index contributed by atoms with van der Waals surface area (Å²) in [6.45, 7) is 2.72. The molecule has 1 atom stereocenters. The molecular formula is C22H27N3O5. The molecule has 30 heavy (non-hydrogen) atoms. The molecule has 0 aliphatic heterocycles. The van der Waals surface area contributed by atoms with Crippen molar-refractivity contribution in [2.75, 3.05) is 27.4 Å². The van der Waals surface area contributed by atoms with E-state index < -0.39 is 0 Å². The van der Waals surface area contributed by atoms with Crippen LogP contribution in [0.1, 0.15) is 18.5 Å². The average molecular weight is 413 g/mol. The number of aryl methyl sites for hydroxylation is 1. The summed E-state index contributed by atoms with van der Waals surface area (Å²) in [4.78, 5) is 25.2. The molecule has 0 aliphatic carbocycles. The van der Waals surface area contributed by atoms with Gasteiger partial charge in [-0.15, -0.1) is 0 Å². The molecule has 1 aromatic heterocycles. The van der Waals surface area contributed by atoms with Crippen molar-refractivity contribution in [1.29, 1.82) is 0 Å². The molecule has 0 aliphatic rings. The van der Waals surface area contributed by atoms with E-state index in [2.05, 4.69) is 5.32 Å². The zero-order valence-corrected chi connectivity index (χ0v) is 17.7. The summed E-state index contributed by atoms with van der Waals surface area (Å²) in [6.07, 6.45) is 0. The smallest absolute Gasteiger partial charge is 0.329 e. The number of nitrogens with one attached hydrogen (secondary N) is 1. The highest BCUT2D eigenvalue weighted by Crippen LogP contribution is 2.30. The summed E-state index contributed by atoms with van der Waals surface area (Å²) in [5.41, 5.74) is 2.16. The number of methoxy groups -OCH3 is 2. The van der Waals surface area contributed by atoms with Gasteiger partial charge in [0.05, 0.1) is 30.8 Å². The van der Waals surface area contributed by atoms with Gasteiger partial charge in [-0.05, 0) is 36.8 Å². The van der Waals surface area contributed by atoms with Gasteiger partial charge in [-0.25, -0.2) is 4.79 Å². The summed E-state index contributed by atoms with van der Waals surface area (Å²) in [7, 11) is 4.88. The van der Waals surface area contributed by atoms with Crippen molar-refractivity contribution < 1.29 is 19.0 Å². The number of aromatic nitrogens is 2. The monoisotopic (exact) mass is 413 g/mol. The molecule has 8 heteroatoms. The van der Waals surface area contributed by atoms with E-state index in [-0.39, 0.29) is 24.2 Å². The molecule has 0 radical (unpaired) electrons. The molecule has 0 spiro atoms. The molecule has 1 N–H and O–H groups in total. The van der Waals surface area contributed by atoms with Gasteiger partial charge in [0.2, 0.25) is 5.91 Å². The van der Waals surface area contributed by atoms with Gasteiger partial charge in [0, 0.05) is 14.2 Å². The normalized spacial score (nSPS) is 12.0. The highest BCUT2D eigenvalue weighted by molar-refractivity contribution is 5.81. The molecule has 3 rings (SSSR count). The van der Waals surface area contributed by atoms with Crippen LogP contribution in [0.15, 0.2) is 47.3 Å². The van der Waals surface area contributed by atoms with Gasteiger partial charge in [0.15, 0.2) is 11.5 Å². The molecule has 2 aromatic carbocycles. The molecule has 0 saturated carbocycles. The van der Waals surface area contributed by atoms with Gasteiger partial charge in [0.25, 0.3) is 0 Å². The van der Waals surface area contributed by atoms with Crippen LogP contribution in [0.3, 0.4) is 0 Å². The largest absolute Gasteiger partial charge is 0.493 e. The predicted octanol–water partition coefficient (Wildman–Crippen LogP) is 2.25. The van der Waals surface area contributed by atoms with Crippen LogP contribution in [-0.2, 0) is 23.1 Å². The van der Waals surface area contributed by atoms with E-state index in [1.54, 1.807) is 25.8 Å². The number of hydrogen-bond acceptors (Lipinski definition) is 5. The first-order chi connectivity index (χ1) is 14.5. The summed E-state index contributed by atoms with van der Waals surface area (Å²) in [5, 5.41) is 2.94. The quantitative estimate of drug-likeness (QED) is 0.544. The van der Waals surface area contributed by atoms with Gasteiger partial charge >= 0.3 is 5.69 Å². The minimum Gasteiger partial charge on any atom is -0.493 e. The van der Waals surface area contributed by atoms with Crippen molar-refractivity contribution >= 4 is 16.9 Å². The Balaban J connectivity index is 1.72. The van der Waals surface area contributed by atoms with Gasteiger partial charge in [-0.3, -0.25) is 13.9 Å². The van der Waals surface area contributed by atoms with Gasteiger partial charge in [-0.2, -0.15) is 0 Å². The molecular weight excluding hydrogens is 386 g/mol. The van der Waals surface area contributed by atoms with Crippen molar-refractivity contribution in [1.82, 2.24) is 14.5 Å². The predicted molar refractivity (Wildman–Crippen MR) is 114 cm³/mol. The highest BCUT2D eigenvalue weighted by Gasteiger charge is 2.16. The van der Waals surface area contributed by atoms with Crippen LogP contribution >= 0.6 is 0 Å². The SMILES string of the molecule is COCCOc1ccc(C(C)NC(=O)Cn2c(=O)n(C)c3ccccc32)cc1OC. The number of imidazole rings is 1. The fourth-order valence-electron chi connectivity index (χ4n) is 3.34. The van der Waals surface area contributed by atoms with E-state index in [1.807, 2.05) is 49.4 Å². The minimum absolute atomic E-state index is 0.0557. The Bertz CT molecular complexity index is 1090. The molecule has 1 amide bonds. The maximum atomic E-state index is 12.6. The van der Waals surface area contributed by atoms with Crippen LogP contribution in [-0.4, -0.2) is 42.5 Å². The molecule has 8 nitrogen and oxygen atoms in total. The van der Waals surface area contributed by atoms with Crippen LogP contribution in [0.2, 0.25) is 0 Å². The van der Waals surface area contributed by atoms with E-state index in [1.165, 1.54) is 4.57 Å². The third-order valence-electron chi connectivity index (χ3n) is 4.96. The molecule has 0 saturated heterocycles. The molecule has 1 unspecified atom stereocenters. The lowest BCUT2D eigenvalue weighted by atomic mass is 10.1. The van der Waals surface area contributed by atoms with Gasteiger partial charge in [-0.1, -0.05) is 18.2 Å². The number of fused-ring (bicyclic) bond motifs is 1. The van der Waals surface area contributed by atoms with Crippen molar-refractivity contribution in [3.63, 3.8) is 0 Å². The number of hydrogen-bond donors (Lipinski definition) is 1. The summed E-state index contributed by atoms with van der Waals surface area (Å²) in [5.74, 6) is 0.939. The zero-order valence-electron chi connectivity index (χ0n) is 17.7. The summed E-state index contributed by atoms with van der Waals surface area (Å²) in [6, 6.07) is 12.6. The van der Waals surface area contributed by atoms with E-state index in [0.717, 1.165) is 16.6 Å². The first-order valence-corrected chi connectivity index (χ1v) is 9.69. The number of nitrogens with zero attached hydrogens (tertiary/aromatic N) is 2. The van der Waals surface area contributed by atoms with Crippen LogP contribution in [0.5, 0.6) is 11.5 Å². The first-order valence-electron chi connectivity index (χ1n) is 9.69. The Hall–Kier alpha value is -3.26. The van der Waals surface area contributed by atoms with Crippen LogP contribution in [0.25, 0.3) is 11.0 Å². The lowest BCUT2D eigenvalue weighted by Crippen LogP contribution is -2.34. The second-order valence-electron chi connectivity index (χ2n) is 6.96. The second-order valence-corrected chi connectivity index (χ2v) is 6.96. The maximum Gasteiger partial charge on any atom is 0.329 e. The molecule has 0 fully saturated rings. The Morgan fingerprint density at radius 3 is 2.50 bits per heavy atom. The summed E-state index contributed by atoms with van der Waals surface area (Å²) >= 11 is 0. The number of amides is 1. The van der Waals surface area contributed by atoms with Crippen LogP contribution in [0, 0.1) is 0 Å². The minimum atomic E-state index is -0.273. The highest BCUT2D eigenvalue weighted by atomic mass is 16.5. The van der Waals surface area contributed by atoms with E-state index in [9.17, 15) is 9.59 Å². The second kappa shape index (κ2) is 9.49. The Kier molecular flexibility index (Phi) is 6.79.